The van der Waals surface area contributed by atoms with Crippen LogP contribution in [0.3, 0.4) is 0 Å². The molecule has 2 amide bonds. The molecule has 0 aliphatic rings. The van der Waals surface area contributed by atoms with E-state index in [9.17, 15) is 9.59 Å². The molecule has 3 aromatic rings. The van der Waals surface area contributed by atoms with Crippen molar-refractivity contribution in [3.8, 4) is 0 Å². The van der Waals surface area contributed by atoms with E-state index < -0.39 is 0 Å². The fraction of sp³-hybridized carbons (Fsp3) is 0.174. The molecule has 0 spiro atoms. The number of carbonyl (C=O) groups excluding carboxylic acids is 2. The number of benzene rings is 2. The first-order valence-corrected chi connectivity index (χ1v) is 9.23. The molecule has 1 aromatic heterocycles. The lowest BCUT2D eigenvalue weighted by molar-refractivity contribution is 0.0950. The van der Waals surface area contributed by atoms with Gasteiger partial charge in [0, 0.05) is 25.5 Å². The van der Waals surface area contributed by atoms with Crippen LogP contribution in [0.15, 0.2) is 73.1 Å². The molecule has 1 heterocycles. The maximum atomic E-state index is 12.4. The highest BCUT2D eigenvalue weighted by Crippen LogP contribution is 2.06. The number of aryl methyl sites for hydroxylation is 1. The van der Waals surface area contributed by atoms with E-state index in [0.29, 0.717) is 24.2 Å². The standard InChI is InChI=1S/C23H23N3O2/c1-17-6-5-9-19(12-17)14-26-23(28)21-13-20(15-24-16-21)22(27)25-11-10-18-7-3-2-4-8-18/h2-9,12-13,15-16H,10-11,14H2,1H3,(H,25,27)(H,26,28). The van der Waals surface area contributed by atoms with Crippen molar-refractivity contribution in [3.63, 3.8) is 0 Å². The lowest BCUT2D eigenvalue weighted by Crippen LogP contribution is -2.27. The second-order valence-corrected chi connectivity index (χ2v) is 6.63. The Morgan fingerprint density at radius 3 is 2.21 bits per heavy atom. The highest BCUT2D eigenvalue weighted by molar-refractivity contribution is 5.99. The maximum Gasteiger partial charge on any atom is 0.253 e. The fourth-order valence-electron chi connectivity index (χ4n) is 2.86. The number of carbonyl (C=O) groups is 2. The number of amides is 2. The van der Waals surface area contributed by atoms with Gasteiger partial charge in [0.15, 0.2) is 0 Å². The van der Waals surface area contributed by atoms with Crippen LogP contribution in [0.2, 0.25) is 0 Å². The number of aromatic nitrogens is 1. The zero-order valence-corrected chi connectivity index (χ0v) is 15.8. The largest absolute Gasteiger partial charge is 0.352 e. The van der Waals surface area contributed by atoms with Gasteiger partial charge in [-0.3, -0.25) is 14.6 Å². The molecule has 142 valence electrons. The van der Waals surface area contributed by atoms with Gasteiger partial charge in [0.05, 0.1) is 11.1 Å². The van der Waals surface area contributed by atoms with Crippen molar-refractivity contribution in [2.75, 3.05) is 6.54 Å². The Hall–Kier alpha value is -3.47. The molecule has 0 saturated carbocycles. The van der Waals surface area contributed by atoms with Gasteiger partial charge in [0.1, 0.15) is 0 Å². The van der Waals surface area contributed by atoms with Crippen LogP contribution in [0.1, 0.15) is 37.4 Å². The Bertz CT molecular complexity index is 955. The number of rotatable bonds is 7. The molecule has 0 radical (unpaired) electrons. The number of pyridine rings is 1. The van der Waals surface area contributed by atoms with E-state index in [4.69, 9.17) is 0 Å². The predicted molar refractivity (Wildman–Crippen MR) is 109 cm³/mol. The Labute approximate surface area is 164 Å². The lowest BCUT2D eigenvalue weighted by atomic mass is 10.1. The van der Waals surface area contributed by atoms with Crippen molar-refractivity contribution in [3.05, 3.63) is 101 Å². The maximum absolute atomic E-state index is 12.4. The molecule has 0 aliphatic carbocycles. The Balaban J connectivity index is 1.55. The minimum Gasteiger partial charge on any atom is -0.352 e. The zero-order valence-electron chi connectivity index (χ0n) is 15.8. The van der Waals surface area contributed by atoms with Crippen LogP contribution in [0.25, 0.3) is 0 Å². The monoisotopic (exact) mass is 373 g/mol. The average Bonchev–Trinajstić information content (AvgIpc) is 2.73. The molecule has 3 rings (SSSR count). The van der Waals surface area contributed by atoms with Gasteiger partial charge in [-0.2, -0.15) is 0 Å². The topological polar surface area (TPSA) is 71.1 Å². The molecule has 28 heavy (non-hydrogen) atoms. The van der Waals surface area contributed by atoms with E-state index in [0.717, 1.165) is 23.1 Å². The molecule has 0 atom stereocenters. The Morgan fingerprint density at radius 2 is 1.50 bits per heavy atom. The first-order chi connectivity index (χ1) is 13.6. The smallest absolute Gasteiger partial charge is 0.253 e. The van der Waals surface area contributed by atoms with E-state index in [1.807, 2.05) is 61.5 Å². The summed E-state index contributed by atoms with van der Waals surface area (Å²) in [5.74, 6) is -0.496. The van der Waals surface area contributed by atoms with Crippen molar-refractivity contribution in [2.24, 2.45) is 0 Å². The van der Waals surface area contributed by atoms with Crippen molar-refractivity contribution in [2.45, 2.75) is 19.9 Å². The van der Waals surface area contributed by atoms with Crippen LogP contribution in [0.4, 0.5) is 0 Å². The summed E-state index contributed by atoms with van der Waals surface area (Å²) < 4.78 is 0. The molecule has 0 bridgehead atoms. The molecule has 0 fully saturated rings. The molecule has 5 heteroatoms. The van der Waals surface area contributed by atoms with Crippen molar-refractivity contribution >= 4 is 11.8 Å². The molecular weight excluding hydrogens is 350 g/mol. The van der Waals surface area contributed by atoms with Crippen LogP contribution in [0.5, 0.6) is 0 Å². The van der Waals surface area contributed by atoms with Gasteiger partial charge in [-0.1, -0.05) is 60.2 Å². The fourth-order valence-corrected chi connectivity index (χ4v) is 2.86. The zero-order chi connectivity index (χ0) is 19.8. The van der Waals surface area contributed by atoms with Gasteiger partial charge in [0.2, 0.25) is 0 Å². The summed E-state index contributed by atoms with van der Waals surface area (Å²) in [4.78, 5) is 28.8. The highest BCUT2D eigenvalue weighted by Gasteiger charge is 2.11. The highest BCUT2D eigenvalue weighted by atomic mass is 16.2. The molecular formula is C23H23N3O2. The normalized spacial score (nSPS) is 10.3. The lowest BCUT2D eigenvalue weighted by Gasteiger charge is -2.08. The Kier molecular flexibility index (Phi) is 6.52. The van der Waals surface area contributed by atoms with Gasteiger partial charge < -0.3 is 10.6 Å². The first kappa shape index (κ1) is 19.3. The van der Waals surface area contributed by atoms with E-state index >= 15 is 0 Å². The van der Waals surface area contributed by atoms with E-state index in [-0.39, 0.29) is 11.8 Å². The van der Waals surface area contributed by atoms with Crippen molar-refractivity contribution in [1.29, 1.82) is 0 Å². The number of hydrogen-bond donors (Lipinski definition) is 2. The van der Waals surface area contributed by atoms with Crippen molar-refractivity contribution in [1.82, 2.24) is 15.6 Å². The number of nitrogens with zero attached hydrogens (tertiary/aromatic N) is 1. The molecule has 0 saturated heterocycles. The molecule has 5 nitrogen and oxygen atoms in total. The van der Waals surface area contributed by atoms with E-state index in [1.165, 1.54) is 12.4 Å². The number of nitrogens with one attached hydrogen (secondary N) is 2. The summed E-state index contributed by atoms with van der Waals surface area (Å²) >= 11 is 0. The molecule has 2 N–H and O–H groups in total. The van der Waals surface area contributed by atoms with Crippen LogP contribution in [-0.2, 0) is 13.0 Å². The molecule has 0 aliphatic heterocycles. The second kappa shape index (κ2) is 9.46. The van der Waals surface area contributed by atoms with Crippen LogP contribution in [-0.4, -0.2) is 23.3 Å². The minimum absolute atomic E-state index is 0.239. The third-order valence-corrected chi connectivity index (χ3v) is 4.34. The first-order valence-electron chi connectivity index (χ1n) is 9.23. The summed E-state index contributed by atoms with van der Waals surface area (Å²) in [6.45, 7) is 2.95. The Morgan fingerprint density at radius 1 is 0.821 bits per heavy atom. The molecule has 0 unspecified atom stereocenters. The summed E-state index contributed by atoms with van der Waals surface area (Å²) in [6, 6.07) is 19.5. The summed E-state index contributed by atoms with van der Waals surface area (Å²) in [6.07, 6.45) is 3.68. The van der Waals surface area contributed by atoms with E-state index in [2.05, 4.69) is 15.6 Å². The van der Waals surface area contributed by atoms with Crippen molar-refractivity contribution < 1.29 is 9.59 Å². The van der Waals surface area contributed by atoms with Gasteiger partial charge in [0.25, 0.3) is 11.8 Å². The SMILES string of the molecule is Cc1cccc(CNC(=O)c2cncc(C(=O)NCCc3ccccc3)c2)c1. The van der Waals surface area contributed by atoms with Crippen LogP contribution < -0.4 is 10.6 Å². The summed E-state index contributed by atoms with van der Waals surface area (Å²) in [5.41, 5.74) is 4.06. The third-order valence-electron chi connectivity index (χ3n) is 4.34. The molecule has 2 aromatic carbocycles. The van der Waals surface area contributed by atoms with Gasteiger partial charge in [-0.05, 0) is 30.5 Å². The van der Waals surface area contributed by atoms with E-state index in [1.54, 1.807) is 6.07 Å². The predicted octanol–water partition coefficient (Wildman–Crippen LogP) is 3.29. The summed E-state index contributed by atoms with van der Waals surface area (Å²) in [7, 11) is 0. The second-order valence-electron chi connectivity index (χ2n) is 6.63. The average molecular weight is 373 g/mol. The third kappa shape index (κ3) is 5.51. The number of hydrogen-bond acceptors (Lipinski definition) is 3. The van der Waals surface area contributed by atoms with Gasteiger partial charge >= 0.3 is 0 Å². The van der Waals surface area contributed by atoms with Crippen LogP contribution in [0, 0.1) is 6.92 Å². The van der Waals surface area contributed by atoms with Gasteiger partial charge in [-0.15, -0.1) is 0 Å². The minimum atomic E-state index is -0.257. The van der Waals surface area contributed by atoms with Crippen LogP contribution >= 0.6 is 0 Å². The quantitative estimate of drug-likeness (QED) is 0.668. The van der Waals surface area contributed by atoms with Gasteiger partial charge in [-0.25, -0.2) is 0 Å². The summed E-state index contributed by atoms with van der Waals surface area (Å²) in [5, 5.41) is 5.73.